The summed E-state index contributed by atoms with van der Waals surface area (Å²) >= 11 is 0. The summed E-state index contributed by atoms with van der Waals surface area (Å²) in [6, 6.07) is 21.0. The SMILES string of the molecule is Cc1ccc2cc(C)c(N/N=C\c3cc(C)n(-c4ccccc4)c3C)nc2c1. The Bertz CT molecular complexity index is 1170. The number of pyridine rings is 1. The number of nitrogens with one attached hydrogen (secondary N) is 1. The average molecular weight is 368 g/mol. The first-order valence-electron chi connectivity index (χ1n) is 9.44. The summed E-state index contributed by atoms with van der Waals surface area (Å²) < 4.78 is 2.24. The lowest BCUT2D eigenvalue weighted by Gasteiger charge is -2.09. The van der Waals surface area contributed by atoms with Crippen molar-refractivity contribution in [1.29, 1.82) is 0 Å². The van der Waals surface area contributed by atoms with Gasteiger partial charge in [0.15, 0.2) is 0 Å². The predicted octanol–water partition coefficient (Wildman–Crippen LogP) is 5.71. The van der Waals surface area contributed by atoms with Crippen LogP contribution in [0.2, 0.25) is 0 Å². The van der Waals surface area contributed by atoms with Crippen LogP contribution in [-0.2, 0) is 0 Å². The van der Waals surface area contributed by atoms with Crippen molar-refractivity contribution in [3.8, 4) is 5.69 Å². The summed E-state index contributed by atoms with van der Waals surface area (Å²) in [5, 5.41) is 5.60. The van der Waals surface area contributed by atoms with Crippen LogP contribution in [0.5, 0.6) is 0 Å². The van der Waals surface area contributed by atoms with Crippen LogP contribution < -0.4 is 5.43 Å². The van der Waals surface area contributed by atoms with Crippen molar-refractivity contribution in [3.05, 3.63) is 88.7 Å². The minimum absolute atomic E-state index is 0.784. The van der Waals surface area contributed by atoms with E-state index in [-0.39, 0.29) is 0 Å². The lowest BCUT2D eigenvalue weighted by molar-refractivity contribution is 0.965. The van der Waals surface area contributed by atoms with Crippen molar-refractivity contribution in [2.45, 2.75) is 27.7 Å². The molecule has 1 N–H and O–H groups in total. The number of aryl methyl sites for hydroxylation is 3. The van der Waals surface area contributed by atoms with Crippen LogP contribution in [0, 0.1) is 27.7 Å². The second-order valence-corrected chi connectivity index (χ2v) is 7.22. The molecule has 4 heteroatoms. The van der Waals surface area contributed by atoms with Crippen LogP contribution in [-0.4, -0.2) is 15.8 Å². The smallest absolute Gasteiger partial charge is 0.149 e. The van der Waals surface area contributed by atoms with Gasteiger partial charge in [-0.25, -0.2) is 4.98 Å². The van der Waals surface area contributed by atoms with Gasteiger partial charge in [0, 0.05) is 28.0 Å². The van der Waals surface area contributed by atoms with Crippen LogP contribution in [0.1, 0.15) is 28.1 Å². The number of hydrazone groups is 1. The molecule has 0 saturated heterocycles. The van der Waals surface area contributed by atoms with Gasteiger partial charge < -0.3 is 4.57 Å². The first-order chi connectivity index (χ1) is 13.5. The highest BCUT2D eigenvalue weighted by Crippen LogP contribution is 2.22. The topological polar surface area (TPSA) is 42.2 Å². The minimum Gasteiger partial charge on any atom is -0.318 e. The molecule has 28 heavy (non-hydrogen) atoms. The first-order valence-corrected chi connectivity index (χ1v) is 9.44. The Morgan fingerprint density at radius 2 is 1.71 bits per heavy atom. The highest BCUT2D eigenvalue weighted by Gasteiger charge is 2.09. The number of rotatable bonds is 4. The van der Waals surface area contributed by atoms with Crippen LogP contribution in [0.15, 0.2) is 65.8 Å². The summed E-state index contributed by atoms with van der Waals surface area (Å²) in [4.78, 5) is 4.73. The van der Waals surface area contributed by atoms with Gasteiger partial charge in [0.2, 0.25) is 0 Å². The molecule has 0 amide bonds. The molecule has 0 unspecified atom stereocenters. The largest absolute Gasteiger partial charge is 0.318 e. The van der Waals surface area contributed by atoms with Crippen molar-refractivity contribution < 1.29 is 0 Å². The van der Waals surface area contributed by atoms with Gasteiger partial charge in [-0.2, -0.15) is 5.10 Å². The zero-order valence-electron chi connectivity index (χ0n) is 16.7. The van der Waals surface area contributed by atoms with E-state index in [4.69, 9.17) is 4.98 Å². The second-order valence-electron chi connectivity index (χ2n) is 7.22. The maximum Gasteiger partial charge on any atom is 0.149 e. The fraction of sp³-hybridized carbons (Fsp3) is 0.167. The van der Waals surface area contributed by atoms with E-state index in [2.05, 4.69) is 90.5 Å². The Kier molecular flexibility index (Phi) is 4.70. The highest BCUT2D eigenvalue weighted by atomic mass is 15.3. The third kappa shape index (κ3) is 3.41. The molecule has 0 fully saturated rings. The lowest BCUT2D eigenvalue weighted by Crippen LogP contribution is -2.00. The molecular formula is C24H24N4. The van der Waals surface area contributed by atoms with Crippen LogP contribution in [0.3, 0.4) is 0 Å². The molecule has 0 aliphatic carbocycles. The fourth-order valence-corrected chi connectivity index (χ4v) is 3.55. The molecule has 4 rings (SSSR count). The molecule has 4 nitrogen and oxygen atoms in total. The molecule has 0 spiro atoms. The van der Waals surface area contributed by atoms with Gasteiger partial charge in [0.05, 0.1) is 11.7 Å². The first kappa shape index (κ1) is 18.0. The summed E-state index contributed by atoms with van der Waals surface area (Å²) in [6.45, 7) is 8.35. The van der Waals surface area contributed by atoms with Crippen molar-refractivity contribution in [1.82, 2.24) is 9.55 Å². The predicted molar refractivity (Wildman–Crippen MR) is 118 cm³/mol. The number of benzene rings is 2. The number of fused-ring (bicyclic) bond motifs is 1. The van der Waals surface area contributed by atoms with Gasteiger partial charge in [0.25, 0.3) is 0 Å². The molecule has 0 aliphatic rings. The van der Waals surface area contributed by atoms with Crippen molar-refractivity contribution in [2.24, 2.45) is 5.10 Å². The van der Waals surface area contributed by atoms with Crippen molar-refractivity contribution >= 4 is 22.9 Å². The second kappa shape index (κ2) is 7.31. The minimum atomic E-state index is 0.784. The van der Waals surface area contributed by atoms with E-state index in [0.29, 0.717) is 0 Å². The van der Waals surface area contributed by atoms with E-state index >= 15 is 0 Å². The van der Waals surface area contributed by atoms with Gasteiger partial charge in [-0.3, -0.25) is 5.43 Å². The van der Waals surface area contributed by atoms with E-state index < -0.39 is 0 Å². The van der Waals surface area contributed by atoms with Crippen LogP contribution in [0.4, 0.5) is 5.82 Å². The molecule has 2 aromatic heterocycles. The fourth-order valence-electron chi connectivity index (χ4n) is 3.55. The van der Waals surface area contributed by atoms with Gasteiger partial charge >= 0.3 is 0 Å². The van der Waals surface area contributed by atoms with Gasteiger partial charge in [-0.1, -0.05) is 30.3 Å². The zero-order chi connectivity index (χ0) is 19.7. The standard InChI is InChI=1S/C24H24N4/c1-16-10-11-20-13-17(2)24(26-23(20)12-16)27-25-15-21-14-18(3)28(19(21)4)22-8-6-5-7-9-22/h5-15H,1-4H3,(H,26,27)/b25-15-. The maximum atomic E-state index is 4.73. The molecule has 0 atom stereocenters. The quantitative estimate of drug-likeness (QED) is 0.370. The van der Waals surface area contributed by atoms with Gasteiger partial charge in [-0.05, 0) is 69.2 Å². The molecule has 0 aliphatic heterocycles. The molecular weight excluding hydrogens is 344 g/mol. The zero-order valence-corrected chi connectivity index (χ0v) is 16.7. The van der Waals surface area contributed by atoms with Crippen LogP contribution in [0.25, 0.3) is 16.6 Å². The number of hydrogen-bond donors (Lipinski definition) is 1. The molecule has 2 heterocycles. The summed E-state index contributed by atoms with van der Waals surface area (Å²) in [5.41, 5.74) is 11.0. The highest BCUT2D eigenvalue weighted by molar-refractivity contribution is 5.84. The van der Waals surface area contributed by atoms with Gasteiger partial charge in [0.1, 0.15) is 5.82 Å². The Labute approximate surface area is 165 Å². The van der Waals surface area contributed by atoms with Gasteiger partial charge in [-0.15, -0.1) is 0 Å². The van der Waals surface area contributed by atoms with E-state index in [1.807, 2.05) is 19.2 Å². The van der Waals surface area contributed by atoms with E-state index in [0.717, 1.165) is 39.2 Å². The molecule has 140 valence electrons. The monoisotopic (exact) mass is 368 g/mol. The Morgan fingerprint density at radius 3 is 2.50 bits per heavy atom. The summed E-state index contributed by atoms with van der Waals surface area (Å²) in [6.07, 6.45) is 1.86. The number of hydrogen-bond acceptors (Lipinski definition) is 3. The van der Waals surface area contributed by atoms with Crippen LogP contribution >= 0.6 is 0 Å². The lowest BCUT2D eigenvalue weighted by atomic mass is 10.1. The normalized spacial score (nSPS) is 11.4. The van der Waals surface area contributed by atoms with Crippen molar-refractivity contribution in [2.75, 3.05) is 5.43 Å². The van der Waals surface area contributed by atoms with Crippen molar-refractivity contribution in [3.63, 3.8) is 0 Å². The maximum absolute atomic E-state index is 4.73. The molecule has 4 aromatic rings. The third-order valence-corrected chi connectivity index (χ3v) is 5.02. The third-order valence-electron chi connectivity index (χ3n) is 5.02. The molecule has 0 bridgehead atoms. The average Bonchev–Trinajstić information content (AvgIpc) is 2.96. The summed E-state index contributed by atoms with van der Waals surface area (Å²) in [7, 11) is 0. The summed E-state index contributed by atoms with van der Waals surface area (Å²) in [5.74, 6) is 0.784. The molecule has 2 aromatic carbocycles. The number of para-hydroxylation sites is 1. The number of anilines is 1. The molecule has 0 radical (unpaired) electrons. The Hall–Kier alpha value is -3.40. The van der Waals surface area contributed by atoms with E-state index in [1.165, 1.54) is 11.3 Å². The number of nitrogens with zero attached hydrogens (tertiary/aromatic N) is 3. The number of aromatic nitrogens is 2. The van der Waals surface area contributed by atoms with E-state index in [9.17, 15) is 0 Å². The van der Waals surface area contributed by atoms with E-state index in [1.54, 1.807) is 0 Å². The molecule has 0 saturated carbocycles. The Balaban J connectivity index is 1.61. The Morgan fingerprint density at radius 1 is 0.929 bits per heavy atom.